The van der Waals surface area contributed by atoms with Gasteiger partial charge in [-0.05, 0) is 25.0 Å². The van der Waals surface area contributed by atoms with Crippen molar-refractivity contribution in [2.45, 2.75) is 50.6 Å². The van der Waals surface area contributed by atoms with Crippen LogP contribution in [0.25, 0.3) is 0 Å². The lowest BCUT2D eigenvalue weighted by molar-refractivity contribution is -0.140. The summed E-state index contributed by atoms with van der Waals surface area (Å²) in [6, 6.07) is 3.25. The van der Waals surface area contributed by atoms with Crippen molar-refractivity contribution >= 4 is 17.6 Å². The summed E-state index contributed by atoms with van der Waals surface area (Å²) in [7, 11) is 0. The highest BCUT2D eigenvalue weighted by molar-refractivity contribution is 6.31. The standard InChI is InChI=1S/C15H19ClFNO2/c16-11-8-5-9-12(17)13(11)14(15(19)20)18-10-6-3-1-2-4-7-10/h5,8-10,14,18H,1-4,6-7H2,(H,19,20). The summed E-state index contributed by atoms with van der Waals surface area (Å²) in [5.74, 6) is -1.67. The molecular formula is C15H19ClFNO2. The molecule has 2 rings (SSSR count). The van der Waals surface area contributed by atoms with Crippen molar-refractivity contribution in [3.63, 3.8) is 0 Å². The van der Waals surface area contributed by atoms with E-state index in [9.17, 15) is 14.3 Å². The maximum Gasteiger partial charge on any atom is 0.325 e. The van der Waals surface area contributed by atoms with Crippen LogP contribution in [-0.2, 0) is 4.79 Å². The van der Waals surface area contributed by atoms with Crippen LogP contribution in [0, 0.1) is 5.82 Å². The average Bonchev–Trinajstić information content (AvgIpc) is 2.65. The first kappa shape index (κ1) is 15.3. The van der Waals surface area contributed by atoms with Gasteiger partial charge in [-0.3, -0.25) is 10.1 Å². The third kappa shape index (κ3) is 3.70. The lowest BCUT2D eigenvalue weighted by Gasteiger charge is -2.23. The molecule has 20 heavy (non-hydrogen) atoms. The SMILES string of the molecule is O=C(O)C(NC1CCCCCC1)c1c(F)cccc1Cl. The molecule has 1 saturated carbocycles. The Morgan fingerprint density at radius 3 is 2.50 bits per heavy atom. The molecule has 1 aromatic rings. The van der Waals surface area contributed by atoms with Gasteiger partial charge in [0, 0.05) is 16.6 Å². The number of hydrogen-bond acceptors (Lipinski definition) is 2. The van der Waals surface area contributed by atoms with Crippen LogP contribution in [0.4, 0.5) is 4.39 Å². The molecular weight excluding hydrogens is 281 g/mol. The molecule has 0 saturated heterocycles. The largest absolute Gasteiger partial charge is 0.480 e. The van der Waals surface area contributed by atoms with E-state index in [1.807, 2.05) is 0 Å². The van der Waals surface area contributed by atoms with E-state index in [0.29, 0.717) is 0 Å². The summed E-state index contributed by atoms with van der Waals surface area (Å²) in [5, 5.41) is 12.6. The quantitative estimate of drug-likeness (QED) is 0.829. The van der Waals surface area contributed by atoms with E-state index in [-0.39, 0.29) is 16.6 Å². The molecule has 1 fully saturated rings. The van der Waals surface area contributed by atoms with E-state index in [0.717, 1.165) is 25.7 Å². The molecule has 0 spiro atoms. The first-order valence-electron chi connectivity index (χ1n) is 7.02. The normalized spacial score (nSPS) is 18.5. The second kappa shape index (κ2) is 7.04. The van der Waals surface area contributed by atoms with Gasteiger partial charge in [0.05, 0.1) is 0 Å². The molecule has 0 bridgehead atoms. The minimum absolute atomic E-state index is 0.0333. The zero-order chi connectivity index (χ0) is 14.5. The Morgan fingerprint density at radius 1 is 1.30 bits per heavy atom. The molecule has 0 heterocycles. The smallest absolute Gasteiger partial charge is 0.325 e. The molecule has 0 amide bonds. The molecule has 1 aliphatic rings. The fourth-order valence-electron chi connectivity index (χ4n) is 2.75. The molecule has 1 aliphatic carbocycles. The molecule has 1 aromatic carbocycles. The monoisotopic (exact) mass is 299 g/mol. The highest BCUT2D eigenvalue weighted by Crippen LogP contribution is 2.28. The van der Waals surface area contributed by atoms with Crippen LogP contribution in [0.5, 0.6) is 0 Å². The molecule has 1 atom stereocenters. The van der Waals surface area contributed by atoms with Crippen LogP contribution in [0.3, 0.4) is 0 Å². The van der Waals surface area contributed by atoms with Gasteiger partial charge in [0.25, 0.3) is 0 Å². The van der Waals surface area contributed by atoms with E-state index in [1.54, 1.807) is 0 Å². The van der Waals surface area contributed by atoms with Crippen molar-refractivity contribution < 1.29 is 14.3 Å². The van der Waals surface area contributed by atoms with Gasteiger partial charge < -0.3 is 5.11 Å². The summed E-state index contributed by atoms with van der Waals surface area (Å²) in [5.41, 5.74) is 0.0333. The van der Waals surface area contributed by atoms with Gasteiger partial charge in [-0.25, -0.2) is 4.39 Å². The Labute approximate surface area is 123 Å². The van der Waals surface area contributed by atoms with Gasteiger partial charge in [-0.2, -0.15) is 0 Å². The van der Waals surface area contributed by atoms with Crippen LogP contribution in [0.2, 0.25) is 5.02 Å². The Balaban J connectivity index is 2.20. The first-order valence-corrected chi connectivity index (χ1v) is 7.40. The number of carboxylic acid groups (broad SMARTS) is 1. The summed E-state index contributed by atoms with van der Waals surface area (Å²) >= 11 is 5.97. The molecule has 0 radical (unpaired) electrons. The van der Waals surface area contributed by atoms with E-state index in [4.69, 9.17) is 11.6 Å². The maximum absolute atomic E-state index is 13.9. The summed E-state index contributed by atoms with van der Waals surface area (Å²) < 4.78 is 13.9. The number of carboxylic acids is 1. The molecule has 0 aromatic heterocycles. The summed E-state index contributed by atoms with van der Waals surface area (Å²) in [4.78, 5) is 11.5. The molecule has 1 unspecified atom stereocenters. The van der Waals surface area contributed by atoms with E-state index >= 15 is 0 Å². The van der Waals surface area contributed by atoms with E-state index < -0.39 is 17.8 Å². The predicted molar refractivity (Wildman–Crippen MR) is 76.4 cm³/mol. The second-order valence-corrected chi connectivity index (χ2v) is 5.67. The molecule has 3 nitrogen and oxygen atoms in total. The maximum atomic E-state index is 13.9. The number of rotatable bonds is 4. The third-order valence-electron chi connectivity index (χ3n) is 3.79. The fraction of sp³-hybridized carbons (Fsp3) is 0.533. The lowest BCUT2D eigenvalue weighted by Crippen LogP contribution is -2.37. The zero-order valence-corrected chi connectivity index (χ0v) is 12.0. The number of carbonyl (C=O) groups is 1. The van der Waals surface area contributed by atoms with Crippen LogP contribution in [-0.4, -0.2) is 17.1 Å². The van der Waals surface area contributed by atoms with Crippen molar-refractivity contribution in [3.05, 3.63) is 34.6 Å². The minimum Gasteiger partial charge on any atom is -0.480 e. The Hall–Kier alpha value is -1.13. The van der Waals surface area contributed by atoms with Crippen molar-refractivity contribution in [3.8, 4) is 0 Å². The van der Waals surface area contributed by atoms with E-state index in [2.05, 4.69) is 5.32 Å². The molecule has 0 aliphatic heterocycles. The Bertz CT molecular complexity index is 453. The number of hydrogen-bond donors (Lipinski definition) is 2. The van der Waals surface area contributed by atoms with Crippen LogP contribution in [0.1, 0.15) is 50.1 Å². The van der Waals surface area contributed by atoms with Crippen LogP contribution >= 0.6 is 11.6 Å². The highest BCUT2D eigenvalue weighted by atomic mass is 35.5. The number of nitrogens with one attached hydrogen (secondary N) is 1. The number of aliphatic carboxylic acids is 1. The average molecular weight is 300 g/mol. The van der Waals surface area contributed by atoms with Gasteiger partial charge in [0.1, 0.15) is 11.9 Å². The van der Waals surface area contributed by atoms with Gasteiger partial charge >= 0.3 is 5.97 Å². The lowest BCUT2D eigenvalue weighted by atomic mass is 10.0. The number of halogens is 2. The third-order valence-corrected chi connectivity index (χ3v) is 4.12. The summed E-state index contributed by atoms with van der Waals surface area (Å²) in [6.07, 6.45) is 6.36. The highest BCUT2D eigenvalue weighted by Gasteiger charge is 2.28. The van der Waals surface area contributed by atoms with Crippen LogP contribution < -0.4 is 5.32 Å². The van der Waals surface area contributed by atoms with Crippen LogP contribution in [0.15, 0.2) is 18.2 Å². The number of benzene rings is 1. The topological polar surface area (TPSA) is 49.3 Å². The van der Waals surface area contributed by atoms with Crippen molar-refractivity contribution in [2.75, 3.05) is 0 Å². The van der Waals surface area contributed by atoms with Crippen molar-refractivity contribution in [2.24, 2.45) is 0 Å². The van der Waals surface area contributed by atoms with E-state index in [1.165, 1.54) is 31.0 Å². The molecule has 5 heteroatoms. The second-order valence-electron chi connectivity index (χ2n) is 5.26. The molecule has 110 valence electrons. The van der Waals surface area contributed by atoms with Gasteiger partial charge in [-0.1, -0.05) is 43.4 Å². The Kier molecular flexibility index (Phi) is 5.38. The van der Waals surface area contributed by atoms with Crippen molar-refractivity contribution in [1.29, 1.82) is 0 Å². The predicted octanol–water partition coefficient (Wildman–Crippen LogP) is 3.92. The summed E-state index contributed by atoms with van der Waals surface area (Å²) in [6.45, 7) is 0. The van der Waals surface area contributed by atoms with Gasteiger partial charge in [-0.15, -0.1) is 0 Å². The van der Waals surface area contributed by atoms with Gasteiger partial charge in [0.15, 0.2) is 0 Å². The minimum atomic E-state index is -1.10. The van der Waals surface area contributed by atoms with Crippen molar-refractivity contribution in [1.82, 2.24) is 5.32 Å². The first-order chi connectivity index (χ1) is 9.59. The van der Waals surface area contributed by atoms with Gasteiger partial charge in [0.2, 0.25) is 0 Å². The Morgan fingerprint density at radius 2 is 1.95 bits per heavy atom. The molecule has 2 N–H and O–H groups in total. The zero-order valence-electron chi connectivity index (χ0n) is 11.2. The fourth-order valence-corrected chi connectivity index (χ4v) is 3.02.